The second kappa shape index (κ2) is 4.71. The van der Waals surface area contributed by atoms with Gasteiger partial charge in [-0.3, -0.25) is 0 Å². The van der Waals surface area contributed by atoms with E-state index in [4.69, 9.17) is 23.2 Å². The summed E-state index contributed by atoms with van der Waals surface area (Å²) >= 11 is 12.0. The van der Waals surface area contributed by atoms with Crippen LogP contribution in [-0.4, -0.2) is 29.9 Å². The molecule has 4 nitrogen and oxygen atoms in total. The number of aromatic nitrogens is 2. The monoisotopic (exact) mass is 294 g/mol. The average molecular weight is 295 g/mol. The Morgan fingerprint density at radius 2 is 1.88 bits per heavy atom. The maximum absolute atomic E-state index is 11.4. The van der Waals surface area contributed by atoms with Gasteiger partial charge in [-0.05, 0) is 12.8 Å². The summed E-state index contributed by atoms with van der Waals surface area (Å²) in [6.07, 6.45) is 1.20. The Kier molecular flexibility index (Phi) is 3.61. The van der Waals surface area contributed by atoms with E-state index in [0.29, 0.717) is 34.5 Å². The maximum Gasteiger partial charge on any atom is 0.151 e. The Morgan fingerprint density at radius 1 is 1.29 bits per heavy atom. The molecule has 0 amide bonds. The second-order valence-electron chi connectivity index (χ2n) is 4.10. The highest BCUT2D eigenvalue weighted by Crippen LogP contribution is 2.30. The maximum atomic E-state index is 11.4. The topological polar surface area (TPSA) is 59.9 Å². The van der Waals surface area contributed by atoms with E-state index in [2.05, 4.69) is 9.97 Å². The van der Waals surface area contributed by atoms with E-state index in [-0.39, 0.29) is 17.4 Å². The van der Waals surface area contributed by atoms with E-state index >= 15 is 0 Å². The minimum atomic E-state index is -2.95. The Morgan fingerprint density at radius 3 is 2.29 bits per heavy atom. The zero-order valence-corrected chi connectivity index (χ0v) is 11.6. The van der Waals surface area contributed by atoms with Crippen molar-refractivity contribution >= 4 is 33.0 Å². The molecule has 1 aromatic heterocycles. The lowest BCUT2D eigenvalue weighted by atomic mass is 10.1. The predicted molar refractivity (Wildman–Crippen MR) is 67.4 cm³/mol. The molecule has 0 N–H and O–H groups in total. The summed E-state index contributed by atoms with van der Waals surface area (Å²) in [6, 6.07) is 0. The molecule has 0 radical (unpaired) electrons. The van der Waals surface area contributed by atoms with Gasteiger partial charge in [0.25, 0.3) is 0 Å². The standard InChI is InChI=1S/C10H12Cl2N2O2S/c1-2-7-8(11)13-10(14-9(7)12)6-3-4-17(15,16)5-6/h6H,2-5H2,1H3. The highest BCUT2D eigenvalue weighted by atomic mass is 35.5. The van der Waals surface area contributed by atoms with Crippen LogP contribution in [0.5, 0.6) is 0 Å². The molecule has 1 aromatic rings. The molecule has 0 aliphatic carbocycles. The van der Waals surface area contributed by atoms with E-state index in [0.717, 1.165) is 0 Å². The van der Waals surface area contributed by atoms with Crippen molar-refractivity contribution < 1.29 is 8.42 Å². The van der Waals surface area contributed by atoms with E-state index in [1.807, 2.05) is 6.92 Å². The molecule has 1 aliphatic heterocycles. The van der Waals surface area contributed by atoms with Crippen LogP contribution in [0, 0.1) is 0 Å². The molecule has 1 fully saturated rings. The van der Waals surface area contributed by atoms with E-state index < -0.39 is 9.84 Å². The number of hydrogen-bond acceptors (Lipinski definition) is 4. The van der Waals surface area contributed by atoms with Crippen molar-refractivity contribution in [2.75, 3.05) is 11.5 Å². The normalized spacial score (nSPS) is 22.9. The van der Waals surface area contributed by atoms with E-state index in [1.54, 1.807) is 0 Å². The first kappa shape index (κ1) is 13.1. The first-order valence-electron chi connectivity index (χ1n) is 5.35. The van der Waals surface area contributed by atoms with Gasteiger partial charge in [-0.2, -0.15) is 0 Å². The van der Waals surface area contributed by atoms with Gasteiger partial charge < -0.3 is 0 Å². The molecule has 2 heterocycles. The van der Waals surface area contributed by atoms with Crippen molar-refractivity contribution in [3.8, 4) is 0 Å². The van der Waals surface area contributed by atoms with Gasteiger partial charge in [0, 0.05) is 11.5 Å². The van der Waals surface area contributed by atoms with Crippen LogP contribution in [0.4, 0.5) is 0 Å². The SMILES string of the molecule is CCc1c(Cl)nc(C2CCS(=O)(=O)C2)nc1Cl. The highest BCUT2D eigenvalue weighted by molar-refractivity contribution is 7.91. The predicted octanol–water partition coefficient (Wildman–Crippen LogP) is 2.25. The zero-order chi connectivity index (χ0) is 12.6. The van der Waals surface area contributed by atoms with Crippen LogP contribution >= 0.6 is 23.2 Å². The van der Waals surface area contributed by atoms with Crippen LogP contribution in [0.2, 0.25) is 10.3 Å². The van der Waals surface area contributed by atoms with Gasteiger partial charge in [0.1, 0.15) is 16.1 Å². The summed E-state index contributed by atoms with van der Waals surface area (Å²) in [6.45, 7) is 1.91. The summed E-state index contributed by atoms with van der Waals surface area (Å²) in [5.74, 6) is 0.538. The quantitative estimate of drug-likeness (QED) is 0.785. The minimum absolute atomic E-state index is 0.0884. The number of sulfone groups is 1. The summed E-state index contributed by atoms with van der Waals surface area (Å²) in [4.78, 5) is 8.32. The molecule has 1 atom stereocenters. The van der Waals surface area contributed by atoms with Crippen molar-refractivity contribution in [1.29, 1.82) is 0 Å². The van der Waals surface area contributed by atoms with Gasteiger partial charge >= 0.3 is 0 Å². The summed E-state index contributed by atoms with van der Waals surface area (Å²) < 4.78 is 22.8. The summed E-state index contributed by atoms with van der Waals surface area (Å²) in [5, 5.41) is 0.651. The average Bonchev–Trinajstić information content (AvgIpc) is 2.58. The fourth-order valence-corrected chi connectivity index (χ4v) is 4.33. The Hall–Kier alpha value is -0.390. The second-order valence-corrected chi connectivity index (χ2v) is 7.04. The lowest BCUT2D eigenvalue weighted by molar-refractivity contribution is 0.601. The Labute approximate surface area is 110 Å². The zero-order valence-electron chi connectivity index (χ0n) is 9.28. The largest absolute Gasteiger partial charge is 0.229 e. The fraction of sp³-hybridized carbons (Fsp3) is 0.600. The van der Waals surface area contributed by atoms with Crippen LogP contribution in [0.3, 0.4) is 0 Å². The molecule has 1 saturated heterocycles. The van der Waals surface area contributed by atoms with Crippen LogP contribution < -0.4 is 0 Å². The van der Waals surface area contributed by atoms with Gasteiger partial charge in [-0.25, -0.2) is 18.4 Å². The smallest absolute Gasteiger partial charge is 0.151 e. The van der Waals surface area contributed by atoms with Gasteiger partial charge in [-0.1, -0.05) is 30.1 Å². The molecule has 0 saturated carbocycles. The van der Waals surface area contributed by atoms with Crippen LogP contribution in [0.1, 0.15) is 30.7 Å². The van der Waals surface area contributed by atoms with Crippen molar-refractivity contribution in [2.24, 2.45) is 0 Å². The number of halogens is 2. The molecule has 2 rings (SSSR count). The molecule has 1 unspecified atom stereocenters. The molecule has 1 aliphatic rings. The summed E-state index contributed by atoms with van der Waals surface area (Å²) in [5.41, 5.74) is 0.706. The van der Waals surface area contributed by atoms with Crippen molar-refractivity contribution in [3.63, 3.8) is 0 Å². The van der Waals surface area contributed by atoms with Gasteiger partial charge in [-0.15, -0.1) is 0 Å². The Balaban J connectivity index is 2.35. The van der Waals surface area contributed by atoms with Crippen molar-refractivity contribution in [1.82, 2.24) is 9.97 Å². The summed E-state index contributed by atoms with van der Waals surface area (Å²) in [7, 11) is -2.95. The number of rotatable bonds is 2. The van der Waals surface area contributed by atoms with E-state index in [1.165, 1.54) is 0 Å². The molecule has 0 aromatic carbocycles. The first-order chi connectivity index (χ1) is 7.93. The third-order valence-corrected chi connectivity index (χ3v) is 5.27. The van der Waals surface area contributed by atoms with E-state index in [9.17, 15) is 8.42 Å². The third kappa shape index (κ3) is 2.72. The number of nitrogens with zero attached hydrogens (tertiary/aromatic N) is 2. The minimum Gasteiger partial charge on any atom is -0.229 e. The number of hydrogen-bond donors (Lipinski definition) is 0. The molecule has 0 spiro atoms. The van der Waals surface area contributed by atoms with Gasteiger partial charge in [0.2, 0.25) is 0 Å². The van der Waals surface area contributed by atoms with Gasteiger partial charge in [0.15, 0.2) is 9.84 Å². The molecule has 0 bridgehead atoms. The highest BCUT2D eigenvalue weighted by Gasteiger charge is 2.31. The van der Waals surface area contributed by atoms with Crippen molar-refractivity contribution in [2.45, 2.75) is 25.7 Å². The van der Waals surface area contributed by atoms with Crippen molar-refractivity contribution in [3.05, 3.63) is 21.7 Å². The third-order valence-electron chi connectivity index (χ3n) is 2.87. The lowest BCUT2D eigenvalue weighted by Crippen LogP contribution is -2.09. The molecule has 7 heteroatoms. The van der Waals surface area contributed by atoms with Crippen LogP contribution in [-0.2, 0) is 16.3 Å². The Bertz CT molecular complexity index is 522. The fourth-order valence-electron chi connectivity index (χ4n) is 1.92. The van der Waals surface area contributed by atoms with Crippen LogP contribution in [0.25, 0.3) is 0 Å². The van der Waals surface area contributed by atoms with Crippen LogP contribution in [0.15, 0.2) is 0 Å². The molecular weight excluding hydrogens is 283 g/mol. The molecular formula is C10H12Cl2N2O2S. The molecule has 94 valence electrons. The lowest BCUT2D eigenvalue weighted by Gasteiger charge is -2.09. The molecule has 17 heavy (non-hydrogen) atoms. The first-order valence-corrected chi connectivity index (χ1v) is 7.93. The van der Waals surface area contributed by atoms with Gasteiger partial charge in [0.05, 0.1) is 11.5 Å².